The third-order valence-electron chi connectivity index (χ3n) is 6.41. The van der Waals surface area contributed by atoms with Crippen molar-refractivity contribution in [3.05, 3.63) is 53.1 Å². The second-order valence-corrected chi connectivity index (χ2v) is 9.49. The highest BCUT2D eigenvalue weighted by atomic mass is 16.7. The molecule has 11 N–H and O–H groups in total. The molecule has 0 spiro atoms. The predicted molar refractivity (Wildman–Crippen MR) is 140 cm³/mol. The molecule has 0 saturated carbocycles. The molecule has 45 heavy (non-hydrogen) atoms. The molecular formula is C27H24O18. The molecule has 0 unspecified atom stereocenters. The summed E-state index contributed by atoms with van der Waals surface area (Å²) in [5.41, 5.74) is -1.63. The van der Waals surface area contributed by atoms with E-state index in [-0.39, 0.29) is 0 Å². The van der Waals surface area contributed by atoms with Gasteiger partial charge in [-0.05, 0) is 36.4 Å². The molecule has 0 amide bonds. The maximum absolute atomic E-state index is 12.9. The first-order valence-corrected chi connectivity index (χ1v) is 12.4. The number of phenolic OH excluding ortho intramolecular Hbond substituents is 9. The number of aromatic hydroxyl groups is 9. The van der Waals surface area contributed by atoms with Gasteiger partial charge in [-0.2, -0.15) is 0 Å². The number of benzene rings is 3. The Bertz CT molecular complexity index is 1580. The molecule has 0 radical (unpaired) electrons. The van der Waals surface area contributed by atoms with E-state index in [0.29, 0.717) is 24.3 Å². The van der Waals surface area contributed by atoms with Crippen LogP contribution in [0.1, 0.15) is 31.1 Å². The monoisotopic (exact) mass is 636 g/mol. The highest BCUT2D eigenvalue weighted by Gasteiger charge is 2.49. The van der Waals surface area contributed by atoms with Crippen molar-refractivity contribution < 1.29 is 89.5 Å². The van der Waals surface area contributed by atoms with E-state index in [1.165, 1.54) is 0 Å². The second kappa shape index (κ2) is 12.4. The number of hydrogen-bond acceptors (Lipinski definition) is 18. The third-order valence-corrected chi connectivity index (χ3v) is 6.41. The molecule has 1 aliphatic rings. The quantitative estimate of drug-likeness (QED) is 0.0902. The Morgan fingerprint density at radius 1 is 0.556 bits per heavy atom. The van der Waals surface area contributed by atoms with Gasteiger partial charge >= 0.3 is 17.9 Å². The Balaban J connectivity index is 1.59. The van der Waals surface area contributed by atoms with Crippen LogP contribution in [0.5, 0.6) is 51.7 Å². The van der Waals surface area contributed by atoms with Crippen LogP contribution >= 0.6 is 0 Å². The van der Waals surface area contributed by atoms with Crippen LogP contribution in [0.3, 0.4) is 0 Å². The van der Waals surface area contributed by atoms with Crippen LogP contribution in [0.2, 0.25) is 0 Å². The van der Waals surface area contributed by atoms with Crippen molar-refractivity contribution in [2.24, 2.45) is 0 Å². The van der Waals surface area contributed by atoms with E-state index in [9.17, 15) is 70.6 Å². The molecule has 0 bridgehead atoms. The molecule has 0 aliphatic carbocycles. The van der Waals surface area contributed by atoms with E-state index in [1.807, 2.05) is 0 Å². The largest absolute Gasteiger partial charge is 0.504 e. The molecule has 240 valence electrons. The highest BCUT2D eigenvalue weighted by Crippen LogP contribution is 2.38. The molecular weight excluding hydrogens is 612 g/mol. The molecule has 1 aliphatic heterocycles. The molecule has 3 aromatic rings. The number of rotatable bonds is 7. The first-order chi connectivity index (χ1) is 21.1. The first kappa shape index (κ1) is 32.1. The van der Waals surface area contributed by atoms with E-state index >= 15 is 0 Å². The Kier molecular flexibility index (Phi) is 8.84. The highest BCUT2D eigenvalue weighted by molar-refractivity contribution is 5.92. The van der Waals surface area contributed by atoms with E-state index < -0.39 is 124 Å². The van der Waals surface area contributed by atoms with Gasteiger partial charge < -0.3 is 75.1 Å². The lowest BCUT2D eigenvalue weighted by Crippen LogP contribution is -2.61. The van der Waals surface area contributed by atoms with Gasteiger partial charge in [-0.15, -0.1) is 0 Å². The SMILES string of the molecule is O=C(OC[C@H]1O[C@@H](OC(=O)c2cc(O)c(O)c(O)c2)[C@H](OC(=O)c2cc(O)c(O)c(O)c2)[C@@H](O)[C@@H]1O)c1cc(O)c(O)c(O)c1. The van der Waals surface area contributed by atoms with E-state index in [4.69, 9.17) is 18.9 Å². The number of esters is 3. The minimum absolute atomic E-state index is 0.462. The van der Waals surface area contributed by atoms with Gasteiger partial charge in [-0.3, -0.25) is 0 Å². The summed E-state index contributed by atoms with van der Waals surface area (Å²) in [5.74, 6) is -12.4. The minimum atomic E-state index is -2.16. The number of ether oxygens (including phenoxy) is 4. The average Bonchev–Trinajstić information content (AvgIpc) is 2.99. The summed E-state index contributed by atoms with van der Waals surface area (Å²) in [6.45, 7) is -0.894. The molecule has 18 nitrogen and oxygen atoms in total. The maximum atomic E-state index is 12.9. The summed E-state index contributed by atoms with van der Waals surface area (Å²) in [4.78, 5) is 38.1. The van der Waals surface area contributed by atoms with Gasteiger partial charge in [0.2, 0.25) is 6.29 Å². The molecule has 1 fully saturated rings. The number of carbonyl (C=O) groups excluding carboxylic acids is 3. The van der Waals surface area contributed by atoms with Crippen LogP contribution in [0.25, 0.3) is 0 Å². The molecule has 5 atom stereocenters. The number of carbonyl (C=O) groups is 3. The molecule has 1 heterocycles. The summed E-state index contributed by atoms with van der Waals surface area (Å²) in [7, 11) is 0. The summed E-state index contributed by atoms with van der Waals surface area (Å²) >= 11 is 0. The van der Waals surface area contributed by atoms with Gasteiger partial charge in [0.25, 0.3) is 0 Å². The van der Waals surface area contributed by atoms with Gasteiger partial charge in [0.1, 0.15) is 24.9 Å². The Morgan fingerprint density at radius 3 is 1.31 bits per heavy atom. The van der Waals surface area contributed by atoms with Crippen molar-refractivity contribution in [1.29, 1.82) is 0 Å². The van der Waals surface area contributed by atoms with E-state index in [0.717, 1.165) is 12.1 Å². The van der Waals surface area contributed by atoms with Crippen molar-refractivity contribution in [1.82, 2.24) is 0 Å². The Hall–Kier alpha value is -5.85. The van der Waals surface area contributed by atoms with Crippen LogP contribution in [0.15, 0.2) is 36.4 Å². The van der Waals surface area contributed by atoms with Gasteiger partial charge in [0, 0.05) is 0 Å². The number of aliphatic hydroxyl groups is 2. The van der Waals surface area contributed by atoms with Crippen molar-refractivity contribution in [2.45, 2.75) is 30.7 Å². The van der Waals surface area contributed by atoms with Gasteiger partial charge in [-0.1, -0.05) is 0 Å². The lowest BCUT2D eigenvalue weighted by molar-refractivity contribution is -0.284. The summed E-state index contributed by atoms with van der Waals surface area (Å²) in [6, 6.07) is 4.19. The predicted octanol–water partition coefficient (Wildman–Crippen LogP) is -0.277. The Morgan fingerprint density at radius 2 is 0.911 bits per heavy atom. The normalized spacial score (nSPS) is 21.1. The van der Waals surface area contributed by atoms with Crippen LogP contribution in [-0.2, 0) is 18.9 Å². The van der Waals surface area contributed by atoms with Crippen molar-refractivity contribution in [3.63, 3.8) is 0 Å². The van der Waals surface area contributed by atoms with Crippen molar-refractivity contribution in [3.8, 4) is 51.7 Å². The summed E-state index contributed by atoms with van der Waals surface area (Å²) < 4.78 is 20.7. The number of hydrogen-bond donors (Lipinski definition) is 11. The number of aliphatic hydroxyl groups excluding tert-OH is 2. The van der Waals surface area contributed by atoms with Crippen molar-refractivity contribution in [2.75, 3.05) is 6.61 Å². The molecule has 3 aromatic carbocycles. The summed E-state index contributed by atoms with van der Waals surface area (Å²) in [5, 5.41) is 108. The topological polar surface area (TPSA) is 311 Å². The Labute approximate surface area is 249 Å². The lowest BCUT2D eigenvalue weighted by Gasteiger charge is -2.41. The van der Waals surface area contributed by atoms with Crippen LogP contribution in [0.4, 0.5) is 0 Å². The van der Waals surface area contributed by atoms with Gasteiger partial charge in [-0.25, -0.2) is 14.4 Å². The van der Waals surface area contributed by atoms with E-state index in [2.05, 4.69) is 0 Å². The lowest BCUT2D eigenvalue weighted by atomic mass is 9.99. The third kappa shape index (κ3) is 6.56. The number of phenols is 9. The zero-order valence-corrected chi connectivity index (χ0v) is 22.3. The smallest absolute Gasteiger partial charge is 0.340 e. The van der Waals surface area contributed by atoms with Crippen LogP contribution in [-0.4, -0.2) is 111 Å². The standard InChI is InChI=1S/C27H24O18/c28-11-1-8(2-12(29)18(11)34)24(39)42-7-17-21(37)22(38)23(44-25(40)9-3-13(30)19(35)14(31)4-9)27(43-17)45-26(41)10-5-15(32)20(36)16(33)6-10/h1-6,17,21-23,27-38H,7H2/t17-,21-,22+,23-,27+/m1/s1. The van der Waals surface area contributed by atoms with E-state index in [1.54, 1.807) is 0 Å². The molecule has 1 saturated heterocycles. The van der Waals surface area contributed by atoms with Crippen LogP contribution < -0.4 is 0 Å². The molecule has 4 rings (SSSR count). The fourth-order valence-electron chi connectivity index (χ4n) is 4.04. The second-order valence-electron chi connectivity index (χ2n) is 9.49. The summed E-state index contributed by atoms with van der Waals surface area (Å²) in [6.07, 6.45) is -10.1. The fourth-order valence-corrected chi connectivity index (χ4v) is 4.04. The van der Waals surface area contributed by atoms with Crippen molar-refractivity contribution >= 4 is 17.9 Å². The molecule has 18 heteroatoms. The average molecular weight is 636 g/mol. The minimum Gasteiger partial charge on any atom is -0.504 e. The van der Waals surface area contributed by atoms with Gasteiger partial charge in [0.05, 0.1) is 16.7 Å². The first-order valence-electron chi connectivity index (χ1n) is 12.4. The fraction of sp³-hybridized carbons (Fsp3) is 0.222. The zero-order valence-electron chi connectivity index (χ0n) is 22.3. The maximum Gasteiger partial charge on any atom is 0.340 e. The van der Waals surface area contributed by atoms with Gasteiger partial charge in [0.15, 0.2) is 57.8 Å². The zero-order chi connectivity index (χ0) is 33.3. The van der Waals surface area contributed by atoms with Crippen LogP contribution in [0, 0.1) is 0 Å². The molecule has 0 aromatic heterocycles.